The van der Waals surface area contributed by atoms with Gasteiger partial charge in [0.25, 0.3) is 0 Å². The maximum absolute atomic E-state index is 11.5. The van der Waals surface area contributed by atoms with Crippen LogP contribution in [0.5, 0.6) is 5.75 Å². The minimum Gasteiger partial charge on any atom is -0.493 e. The van der Waals surface area contributed by atoms with Crippen LogP contribution in [0.3, 0.4) is 0 Å². The molecule has 0 N–H and O–H groups in total. The molecule has 0 aliphatic heterocycles. The number of benzene rings is 1. The third kappa shape index (κ3) is 4.23. The first-order chi connectivity index (χ1) is 10.0. The van der Waals surface area contributed by atoms with Gasteiger partial charge in [0.15, 0.2) is 0 Å². The molecule has 0 aromatic heterocycles. The lowest BCUT2D eigenvalue weighted by Gasteiger charge is -2.18. The normalized spacial score (nSPS) is 22.0. The number of rotatable bonds is 7. The maximum Gasteiger partial charge on any atom is 0.308 e. The summed E-state index contributed by atoms with van der Waals surface area (Å²) in [5.41, 5.74) is 1.24. The number of para-hydroxylation sites is 1. The van der Waals surface area contributed by atoms with Crippen LogP contribution in [0.1, 0.15) is 45.1 Å². The van der Waals surface area contributed by atoms with Crippen LogP contribution < -0.4 is 4.74 Å². The van der Waals surface area contributed by atoms with E-state index in [9.17, 15) is 4.79 Å². The number of hydrogen-bond acceptors (Lipinski definition) is 3. The van der Waals surface area contributed by atoms with Gasteiger partial charge in [-0.15, -0.1) is 0 Å². The lowest BCUT2D eigenvalue weighted by Crippen LogP contribution is -2.08. The Hall–Kier alpha value is -1.51. The van der Waals surface area contributed by atoms with Crippen molar-refractivity contribution in [3.05, 3.63) is 29.8 Å². The van der Waals surface area contributed by atoms with Crippen molar-refractivity contribution >= 4 is 5.97 Å². The van der Waals surface area contributed by atoms with Crippen LogP contribution in [0.25, 0.3) is 0 Å². The average molecular weight is 290 g/mol. The molecular formula is C18H26O3. The minimum atomic E-state index is -0.0588. The smallest absolute Gasteiger partial charge is 0.308 e. The Morgan fingerprint density at radius 2 is 2.00 bits per heavy atom. The number of carbonyl (C=O) groups excluding carboxylic acids is 1. The Kier molecular flexibility index (Phi) is 5.27. The van der Waals surface area contributed by atoms with Crippen molar-refractivity contribution in [3.63, 3.8) is 0 Å². The fourth-order valence-electron chi connectivity index (χ4n) is 2.80. The molecule has 0 saturated heterocycles. The van der Waals surface area contributed by atoms with Gasteiger partial charge in [-0.05, 0) is 42.2 Å². The van der Waals surface area contributed by atoms with Gasteiger partial charge in [-0.3, -0.25) is 4.79 Å². The van der Waals surface area contributed by atoms with E-state index in [4.69, 9.17) is 9.47 Å². The quantitative estimate of drug-likeness (QED) is 0.711. The van der Waals surface area contributed by atoms with E-state index in [0.29, 0.717) is 17.8 Å². The van der Waals surface area contributed by atoms with E-state index in [2.05, 4.69) is 32.9 Å². The third-order valence-corrected chi connectivity index (χ3v) is 4.10. The molecule has 116 valence electrons. The Bertz CT molecular complexity index is 481. The van der Waals surface area contributed by atoms with Crippen LogP contribution in [-0.2, 0) is 9.53 Å². The van der Waals surface area contributed by atoms with E-state index < -0.39 is 0 Å². The lowest BCUT2D eigenvalue weighted by atomic mass is 9.94. The molecule has 0 amide bonds. The second kappa shape index (κ2) is 6.97. The van der Waals surface area contributed by atoms with E-state index in [-0.39, 0.29) is 11.9 Å². The van der Waals surface area contributed by atoms with Gasteiger partial charge in [0.2, 0.25) is 0 Å². The summed E-state index contributed by atoms with van der Waals surface area (Å²) in [7, 11) is 1.47. The molecule has 21 heavy (non-hydrogen) atoms. The summed E-state index contributed by atoms with van der Waals surface area (Å²) in [5, 5.41) is 0. The fourth-order valence-corrected chi connectivity index (χ4v) is 2.80. The molecule has 0 radical (unpaired) electrons. The summed E-state index contributed by atoms with van der Waals surface area (Å²) in [6.45, 7) is 7.25. The topological polar surface area (TPSA) is 35.5 Å². The number of methoxy groups -OCH3 is 1. The van der Waals surface area contributed by atoms with Crippen LogP contribution >= 0.6 is 0 Å². The first kappa shape index (κ1) is 15.9. The van der Waals surface area contributed by atoms with Gasteiger partial charge in [0, 0.05) is 0 Å². The molecule has 1 aliphatic rings. The van der Waals surface area contributed by atoms with Gasteiger partial charge in [-0.2, -0.15) is 0 Å². The summed E-state index contributed by atoms with van der Waals surface area (Å²) in [5.74, 6) is 2.41. The van der Waals surface area contributed by atoms with Crippen molar-refractivity contribution in [1.29, 1.82) is 0 Å². The van der Waals surface area contributed by atoms with E-state index in [1.54, 1.807) is 0 Å². The zero-order chi connectivity index (χ0) is 15.4. The molecule has 1 aromatic carbocycles. The number of carbonyl (C=O) groups is 1. The second-order valence-electron chi connectivity index (χ2n) is 6.50. The zero-order valence-corrected chi connectivity index (χ0v) is 13.5. The van der Waals surface area contributed by atoms with Gasteiger partial charge in [0.1, 0.15) is 5.75 Å². The molecule has 0 bridgehead atoms. The molecule has 3 atom stereocenters. The molecule has 3 nitrogen and oxygen atoms in total. The van der Waals surface area contributed by atoms with Crippen molar-refractivity contribution in [2.45, 2.75) is 39.5 Å². The second-order valence-corrected chi connectivity index (χ2v) is 6.50. The first-order valence-electron chi connectivity index (χ1n) is 7.82. The SMILES string of the molecule is COC(=O)C1CC1CC(C)c1ccccc1OCC(C)C. The molecule has 1 aromatic rings. The van der Waals surface area contributed by atoms with Crippen molar-refractivity contribution in [3.8, 4) is 5.75 Å². The third-order valence-electron chi connectivity index (χ3n) is 4.10. The summed E-state index contributed by atoms with van der Waals surface area (Å²) in [4.78, 5) is 11.5. The Labute approximate surface area is 127 Å². The average Bonchev–Trinajstić information content (AvgIpc) is 3.23. The minimum absolute atomic E-state index is 0.0588. The zero-order valence-electron chi connectivity index (χ0n) is 13.5. The molecule has 3 unspecified atom stereocenters. The standard InChI is InChI=1S/C18H26O3/c1-12(2)11-21-17-8-6-5-7-15(17)13(3)9-14-10-16(14)18(19)20-4/h5-8,12-14,16H,9-11H2,1-4H3. The Morgan fingerprint density at radius 1 is 1.29 bits per heavy atom. The van der Waals surface area contributed by atoms with E-state index in [1.807, 2.05) is 12.1 Å². The van der Waals surface area contributed by atoms with Crippen molar-refractivity contribution in [1.82, 2.24) is 0 Å². The molecule has 1 fully saturated rings. The predicted octanol–water partition coefficient (Wildman–Crippen LogP) is 4.02. The number of hydrogen-bond donors (Lipinski definition) is 0. The largest absolute Gasteiger partial charge is 0.493 e. The van der Waals surface area contributed by atoms with Crippen molar-refractivity contribution < 1.29 is 14.3 Å². The van der Waals surface area contributed by atoms with Crippen LogP contribution in [0.15, 0.2) is 24.3 Å². The van der Waals surface area contributed by atoms with Gasteiger partial charge >= 0.3 is 5.97 Å². The maximum atomic E-state index is 11.5. The molecule has 1 saturated carbocycles. The monoisotopic (exact) mass is 290 g/mol. The molecule has 0 heterocycles. The van der Waals surface area contributed by atoms with Gasteiger partial charge < -0.3 is 9.47 Å². The first-order valence-corrected chi connectivity index (χ1v) is 7.82. The lowest BCUT2D eigenvalue weighted by molar-refractivity contribution is -0.142. The number of esters is 1. The van der Waals surface area contributed by atoms with E-state index >= 15 is 0 Å². The van der Waals surface area contributed by atoms with Crippen molar-refractivity contribution in [2.75, 3.05) is 13.7 Å². The molecule has 0 spiro atoms. The summed E-state index contributed by atoms with van der Waals surface area (Å²) in [6.07, 6.45) is 1.98. The Morgan fingerprint density at radius 3 is 2.67 bits per heavy atom. The van der Waals surface area contributed by atoms with E-state index in [1.165, 1.54) is 12.7 Å². The highest BCUT2D eigenvalue weighted by Gasteiger charge is 2.44. The predicted molar refractivity (Wildman–Crippen MR) is 83.4 cm³/mol. The van der Waals surface area contributed by atoms with Crippen LogP contribution in [-0.4, -0.2) is 19.7 Å². The summed E-state index contributed by atoms with van der Waals surface area (Å²) >= 11 is 0. The highest BCUT2D eigenvalue weighted by molar-refractivity contribution is 5.75. The summed E-state index contributed by atoms with van der Waals surface area (Å²) < 4.78 is 10.7. The molecule has 3 heteroatoms. The molecule has 1 aliphatic carbocycles. The van der Waals surface area contributed by atoms with Crippen LogP contribution in [0, 0.1) is 17.8 Å². The highest BCUT2D eigenvalue weighted by Crippen LogP contribution is 2.46. The van der Waals surface area contributed by atoms with Crippen LogP contribution in [0.2, 0.25) is 0 Å². The van der Waals surface area contributed by atoms with Gasteiger partial charge in [0.05, 0.1) is 19.6 Å². The van der Waals surface area contributed by atoms with Crippen LogP contribution in [0.4, 0.5) is 0 Å². The van der Waals surface area contributed by atoms with E-state index in [0.717, 1.165) is 25.2 Å². The van der Waals surface area contributed by atoms with Crippen molar-refractivity contribution in [2.24, 2.45) is 17.8 Å². The number of ether oxygens (including phenoxy) is 2. The highest BCUT2D eigenvalue weighted by atomic mass is 16.5. The Balaban J connectivity index is 1.96. The molecular weight excluding hydrogens is 264 g/mol. The van der Waals surface area contributed by atoms with Gasteiger partial charge in [-0.1, -0.05) is 39.0 Å². The fraction of sp³-hybridized carbons (Fsp3) is 0.611. The molecule has 2 rings (SSSR count). The van der Waals surface area contributed by atoms with Gasteiger partial charge in [-0.25, -0.2) is 0 Å². The summed E-state index contributed by atoms with van der Waals surface area (Å²) in [6, 6.07) is 8.24.